The molecule has 0 amide bonds. The van der Waals surface area contributed by atoms with Crippen LogP contribution in [0.3, 0.4) is 0 Å². The van der Waals surface area contributed by atoms with Crippen molar-refractivity contribution in [1.82, 2.24) is 4.98 Å². The van der Waals surface area contributed by atoms with Gasteiger partial charge < -0.3 is 0 Å². The number of sulfonamides is 1. The van der Waals surface area contributed by atoms with E-state index in [-0.39, 0.29) is 21.5 Å². The first-order valence-corrected chi connectivity index (χ1v) is 8.68. The molecule has 132 valence electrons. The Balaban J connectivity index is 1.97. The van der Waals surface area contributed by atoms with Gasteiger partial charge in [-0.05, 0) is 36.4 Å². The van der Waals surface area contributed by atoms with E-state index in [0.717, 1.165) is 12.3 Å². The van der Waals surface area contributed by atoms with Gasteiger partial charge in [0.05, 0.1) is 39.5 Å². The normalized spacial score (nSPS) is 11.9. The molecule has 0 radical (unpaired) electrons. The molecule has 0 aliphatic rings. The van der Waals surface area contributed by atoms with Crippen molar-refractivity contribution in [3.63, 3.8) is 0 Å². The molecule has 5 nitrogen and oxygen atoms in total. The van der Waals surface area contributed by atoms with Crippen molar-refractivity contribution in [3.05, 3.63) is 65.9 Å². The topological polar surface area (TPSA) is 82.8 Å². The minimum atomic E-state index is -4.56. The summed E-state index contributed by atoms with van der Waals surface area (Å²) in [5.41, 5.74) is -0.824. The summed E-state index contributed by atoms with van der Waals surface area (Å²) in [5.74, 6) is 0. The Kier molecular flexibility index (Phi) is 4.29. The first-order chi connectivity index (χ1) is 12.2. The second kappa shape index (κ2) is 6.31. The fourth-order valence-electron chi connectivity index (χ4n) is 2.37. The number of anilines is 1. The van der Waals surface area contributed by atoms with Gasteiger partial charge in [-0.3, -0.25) is 9.71 Å². The highest BCUT2D eigenvalue weighted by Crippen LogP contribution is 2.34. The third kappa shape index (κ3) is 3.45. The summed E-state index contributed by atoms with van der Waals surface area (Å²) < 4.78 is 66.0. The van der Waals surface area contributed by atoms with Crippen molar-refractivity contribution in [1.29, 1.82) is 5.26 Å². The Morgan fingerprint density at radius 2 is 1.77 bits per heavy atom. The molecule has 1 aromatic heterocycles. The number of pyridine rings is 1. The lowest BCUT2D eigenvalue weighted by molar-refractivity contribution is -0.136. The van der Waals surface area contributed by atoms with Gasteiger partial charge in [-0.2, -0.15) is 18.4 Å². The molecule has 0 aliphatic heterocycles. The van der Waals surface area contributed by atoms with Crippen LogP contribution in [-0.2, 0) is 16.2 Å². The third-order valence-corrected chi connectivity index (χ3v) is 4.96. The van der Waals surface area contributed by atoms with Gasteiger partial charge in [0.25, 0.3) is 10.0 Å². The van der Waals surface area contributed by atoms with Crippen molar-refractivity contribution in [2.75, 3.05) is 4.72 Å². The molecule has 1 N–H and O–H groups in total. The number of para-hydroxylation sites is 1. The van der Waals surface area contributed by atoms with Crippen molar-refractivity contribution in [3.8, 4) is 6.07 Å². The average molecular weight is 377 g/mol. The molecular formula is C17H10F3N3O2S. The average Bonchev–Trinajstić information content (AvgIpc) is 2.60. The molecule has 0 fully saturated rings. The molecule has 3 rings (SSSR count). The van der Waals surface area contributed by atoms with E-state index in [1.165, 1.54) is 42.5 Å². The zero-order valence-corrected chi connectivity index (χ0v) is 13.8. The molecule has 9 heteroatoms. The summed E-state index contributed by atoms with van der Waals surface area (Å²) in [7, 11) is -3.97. The Morgan fingerprint density at radius 3 is 2.38 bits per heavy atom. The van der Waals surface area contributed by atoms with Gasteiger partial charge in [0, 0.05) is 5.39 Å². The quantitative estimate of drug-likeness (QED) is 0.750. The minimum absolute atomic E-state index is 0.0289. The number of halogens is 3. The maximum Gasteiger partial charge on any atom is 0.418 e. The number of fused-ring (bicyclic) bond motifs is 1. The summed E-state index contributed by atoms with van der Waals surface area (Å²) in [6.45, 7) is 0. The van der Waals surface area contributed by atoms with Gasteiger partial charge in [0.1, 0.15) is 0 Å². The van der Waals surface area contributed by atoms with Gasteiger partial charge in [-0.25, -0.2) is 8.42 Å². The molecule has 0 bridgehead atoms. The molecule has 3 aromatic rings. The number of hydrogen-bond acceptors (Lipinski definition) is 4. The van der Waals surface area contributed by atoms with Crippen molar-refractivity contribution in [2.24, 2.45) is 0 Å². The van der Waals surface area contributed by atoms with Gasteiger partial charge in [-0.15, -0.1) is 0 Å². The number of aromatic nitrogens is 1. The highest BCUT2D eigenvalue weighted by molar-refractivity contribution is 7.92. The first kappa shape index (κ1) is 17.7. The number of rotatable bonds is 3. The van der Waals surface area contributed by atoms with Crippen LogP contribution in [0.5, 0.6) is 0 Å². The molecule has 1 heterocycles. The number of hydrogen-bond donors (Lipinski definition) is 1. The SMILES string of the molecule is N#Cc1ccc(S(=O)(=O)Nc2cnc3c(C(F)(F)F)cccc3c2)cc1. The Hall–Kier alpha value is -3.12. The molecular weight excluding hydrogens is 367 g/mol. The predicted molar refractivity (Wildman–Crippen MR) is 88.7 cm³/mol. The molecule has 0 spiro atoms. The molecule has 0 atom stereocenters. The second-order valence-electron chi connectivity index (χ2n) is 5.34. The summed E-state index contributed by atoms with van der Waals surface area (Å²) in [6.07, 6.45) is -3.53. The van der Waals surface area contributed by atoms with Gasteiger partial charge >= 0.3 is 6.18 Å². The summed E-state index contributed by atoms with van der Waals surface area (Å²) in [6, 6.07) is 11.9. The lowest BCUT2D eigenvalue weighted by atomic mass is 10.1. The zero-order valence-electron chi connectivity index (χ0n) is 12.9. The van der Waals surface area contributed by atoms with Gasteiger partial charge in [0.15, 0.2) is 0 Å². The van der Waals surface area contributed by atoms with Crippen LogP contribution in [0.25, 0.3) is 10.9 Å². The Labute approximate surface area is 146 Å². The van der Waals surface area contributed by atoms with Crippen LogP contribution in [0, 0.1) is 11.3 Å². The second-order valence-corrected chi connectivity index (χ2v) is 7.02. The lowest BCUT2D eigenvalue weighted by Gasteiger charge is -2.12. The van der Waals surface area contributed by atoms with E-state index in [1.54, 1.807) is 0 Å². The molecule has 0 saturated carbocycles. The predicted octanol–water partition coefficient (Wildman–Crippen LogP) is 3.93. The highest BCUT2D eigenvalue weighted by atomic mass is 32.2. The van der Waals surface area contributed by atoms with Crippen molar-refractivity contribution < 1.29 is 21.6 Å². The standard InChI is InChI=1S/C17H10F3N3O2S/c18-17(19,20)15-3-1-2-12-8-13(10-22-16(12)15)23-26(24,25)14-6-4-11(9-21)5-7-14/h1-8,10,23H. The van der Waals surface area contributed by atoms with Crippen LogP contribution in [0.4, 0.5) is 18.9 Å². The van der Waals surface area contributed by atoms with Crippen LogP contribution >= 0.6 is 0 Å². The minimum Gasteiger partial charge on any atom is -0.278 e. The van der Waals surface area contributed by atoms with Gasteiger partial charge in [0.2, 0.25) is 0 Å². The molecule has 0 saturated heterocycles. The number of benzene rings is 2. The fourth-order valence-corrected chi connectivity index (χ4v) is 3.40. The fraction of sp³-hybridized carbons (Fsp3) is 0.0588. The van der Waals surface area contributed by atoms with E-state index in [9.17, 15) is 21.6 Å². The van der Waals surface area contributed by atoms with Crippen molar-refractivity contribution >= 4 is 26.6 Å². The van der Waals surface area contributed by atoms with E-state index in [0.29, 0.717) is 5.56 Å². The summed E-state index contributed by atoms with van der Waals surface area (Å²) in [5, 5.41) is 8.90. The van der Waals surface area contributed by atoms with E-state index >= 15 is 0 Å². The van der Waals surface area contributed by atoms with E-state index in [1.807, 2.05) is 6.07 Å². The molecule has 26 heavy (non-hydrogen) atoms. The largest absolute Gasteiger partial charge is 0.418 e. The van der Waals surface area contributed by atoms with E-state index in [4.69, 9.17) is 5.26 Å². The smallest absolute Gasteiger partial charge is 0.278 e. The maximum atomic E-state index is 13.0. The Morgan fingerprint density at radius 1 is 1.08 bits per heavy atom. The van der Waals surface area contributed by atoms with E-state index in [2.05, 4.69) is 9.71 Å². The van der Waals surface area contributed by atoms with Crippen LogP contribution in [-0.4, -0.2) is 13.4 Å². The zero-order chi connectivity index (χ0) is 18.9. The van der Waals surface area contributed by atoms with Crippen LogP contribution < -0.4 is 4.72 Å². The number of nitrogens with one attached hydrogen (secondary N) is 1. The number of nitriles is 1. The third-order valence-electron chi connectivity index (χ3n) is 3.56. The number of nitrogens with zero attached hydrogens (tertiary/aromatic N) is 2. The molecule has 2 aromatic carbocycles. The molecule has 0 aliphatic carbocycles. The first-order valence-electron chi connectivity index (χ1n) is 7.20. The monoisotopic (exact) mass is 377 g/mol. The van der Waals surface area contributed by atoms with Crippen molar-refractivity contribution in [2.45, 2.75) is 11.1 Å². The highest BCUT2D eigenvalue weighted by Gasteiger charge is 2.33. The summed E-state index contributed by atoms with van der Waals surface area (Å²) in [4.78, 5) is 3.68. The molecule has 0 unspecified atom stereocenters. The van der Waals surface area contributed by atoms with E-state index < -0.39 is 21.8 Å². The lowest BCUT2D eigenvalue weighted by Crippen LogP contribution is -2.13. The van der Waals surface area contributed by atoms with Crippen LogP contribution in [0.2, 0.25) is 0 Å². The van der Waals surface area contributed by atoms with Crippen LogP contribution in [0.15, 0.2) is 59.6 Å². The van der Waals surface area contributed by atoms with Crippen LogP contribution in [0.1, 0.15) is 11.1 Å². The number of alkyl halides is 3. The summed E-state index contributed by atoms with van der Waals surface area (Å²) >= 11 is 0. The maximum absolute atomic E-state index is 13.0. The Bertz CT molecular complexity index is 1120. The van der Waals surface area contributed by atoms with Gasteiger partial charge in [-0.1, -0.05) is 12.1 Å².